The van der Waals surface area contributed by atoms with Gasteiger partial charge >= 0.3 is 0 Å². The van der Waals surface area contributed by atoms with Crippen molar-refractivity contribution >= 4 is 15.9 Å². The van der Waals surface area contributed by atoms with E-state index in [1.165, 1.54) is 12.1 Å². The second-order valence-corrected chi connectivity index (χ2v) is 5.59. The molecule has 0 saturated carbocycles. The standard InChI is InChI=1S/C14H22BrFN2O/c1-4-14(5-2,19-3)13(18-17)8-10-6-11(15)9-12(16)7-10/h6-7,9,13,18H,4-5,8,17H2,1-3H3. The molecular formula is C14H22BrFN2O. The Hall–Kier alpha value is -0.490. The van der Waals surface area contributed by atoms with E-state index in [0.29, 0.717) is 6.42 Å². The van der Waals surface area contributed by atoms with Crippen LogP contribution in [0, 0.1) is 5.82 Å². The number of hydrogen-bond donors (Lipinski definition) is 2. The molecular weight excluding hydrogens is 311 g/mol. The van der Waals surface area contributed by atoms with Gasteiger partial charge in [0.2, 0.25) is 0 Å². The Morgan fingerprint density at radius 2 is 2.00 bits per heavy atom. The molecule has 0 amide bonds. The number of nitrogens with one attached hydrogen (secondary N) is 1. The summed E-state index contributed by atoms with van der Waals surface area (Å²) in [7, 11) is 1.69. The highest BCUT2D eigenvalue weighted by Gasteiger charge is 2.35. The number of rotatable bonds is 7. The summed E-state index contributed by atoms with van der Waals surface area (Å²) in [6, 6.07) is 4.80. The number of hydrogen-bond acceptors (Lipinski definition) is 3. The molecule has 0 aromatic heterocycles. The van der Waals surface area contributed by atoms with E-state index < -0.39 is 0 Å². The lowest BCUT2D eigenvalue weighted by atomic mass is 9.85. The summed E-state index contributed by atoms with van der Waals surface area (Å²) >= 11 is 3.30. The normalized spacial score (nSPS) is 13.6. The van der Waals surface area contributed by atoms with Crippen LogP contribution in [0.15, 0.2) is 22.7 Å². The van der Waals surface area contributed by atoms with Gasteiger partial charge in [-0.25, -0.2) is 4.39 Å². The van der Waals surface area contributed by atoms with Gasteiger partial charge in [-0.15, -0.1) is 0 Å². The van der Waals surface area contributed by atoms with Crippen molar-refractivity contribution in [2.24, 2.45) is 5.84 Å². The van der Waals surface area contributed by atoms with Crippen LogP contribution in [-0.2, 0) is 11.2 Å². The van der Waals surface area contributed by atoms with E-state index in [0.717, 1.165) is 22.9 Å². The fraction of sp³-hybridized carbons (Fsp3) is 0.571. The molecule has 1 aromatic carbocycles. The smallest absolute Gasteiger partial charge is 0.124 e. The molecule has 3 N–H and O–H groups in total. The number of halogens is 2. The molecule has 0 fully saturated rings. The molecule has 0 aliphatic heterocycles. The third kappa shape index (κ3) is 3.99. The van der Waals surface area contributed by atoms with Gasteiger partial charge in [-0.05, 0) is 43.0 Å². The van der Waals surface area contributed by atoms with Crippen molar-refractivity contribution in [3.8, 4) is 0 Å². The second kappa shape index (κ2) is 7.33. The Labute approximate surface area is 122 Å². The number of methoxy groups -OCH3 is 1. The zero-order valence-electron chi connectivity index (χ0n) is 11.7. The van der Waals surface area contributed by atoms with Gasteiger partial charge in [0.05, 0.1) is 11.6 Å². The van der Waals surface area contributed by atoms with Crippen molar-refractivity contribution in [1.29, 1.82) is 0 Å². The van der Waals surface area contributed by atoms with Gasteiger partial charge < -0.3 is 4.74 Å². The summed E-state index contributed by atoms with van der Waals surface area (Å²) in [5.41, 5.74) is 3.37. The molecule has 1 rings (SSSR count). The first-order valence-corrected chi connectivity index (χ1v) is 7.26. The minimum Gasteiger partial charge on any atom is -0.377 e. The van der Waals surface area contributed by atoms with E-state index in [1.807, 2.05) is 6.07 Å². The summed E-state index contributed by atoms with van der Waals surface area (Å²) in [6.45, 7) is 4.14. The van der Waals surface area contributed by atoms with Crippen LogP contribution in [0.4, 0.5) is 4.39 Å². The van der Waals surface area contributed by atoms with Crippen molar-refractivity contribution in [3.63, 3.8) is 0 Å². The highest BCUT2D eigenvalue weighted by Crippen LogP contribution is 2.27. The number of nitrogens with two attached hydrogens (primary N) is 1. The predicted molar refractivity (Wildman–Crippen MR) is 79.2 cm³/mol. The third-order valence-corrected chi connectivity index (χ3v) is 4.26. The first kappa shape index (κ1) is 16.6. The van der Waals surface area contributed by atoms with Gasteiger partial charge in [0.1, 0.15) is 5.82 Å². The predicted octanol–water partition coefficient (Wildman–Crippen LogP) is 3.17. The molecule has 0 saturated heterocycles. The lowest BCUT2D eigenvalue weighted by Gasteiger charge is -2.38. The fourth-order valence-corrected chi connectivity index (χ4v) is 3.05. The third-order valence-electron chi connectivity index (χ3n) is 3.80. The van der Waals surface area contributed by atoms with Gasteiger partial charge in [-0.1, -0.05) is 29.8 Å². The lowest BCUT2D eigenvalue weighted by Crippen LogP contribution is -2.55. The Bertz CT molecular complexity index is 382. The van der Waals surface area contributed by atoms with E-state index >= 15 is 0 Å². The van der Waals surface area contributed by atoms with E-state index in [1.54, 1.807) is 7.11 Å². The van der Waals surface area contributed by atoms with Gasteiger partial charge in [0.15, 0.2) is 0 Å². The van der Waals surface area contributed by atoms with Crippen LogP contribution in [0.2, 0.25) is 0 Å². The zero-order valence-corrected chi connectivity index (χ0v) is 13.3. The minimum atomic E-state index is -0.340. The molecule has 5 heteroatoms. The highest BCUT2D eigenvalue weighted by atomic mass is 79.9. The molecule has 0 heterocycles. The van der Waals surface area contributed by atoms with Crippen LogP contribution in [0.3, 0.4) is 0 Å². The Morgan fingerprint density at radius 1 is 1.37 bits per heavy atom. The minimum absolute atomic E-state index is 0.0683. The zero-order chi connectivity index (χ0) is 14.5. The quantitative estimate of drug-likeness (QED) is 0.595. The maximum absolute atomic E-state index is 13.4. The van der Waals surface area contributed by atoms with Crippen LogP contribution in [0.1, 0.15) is 32.3 Å². The van der Waals surface area contributed by atoms with E-state index in [9.17, 15) is 4.39 Å². The number of hydrazine groups is 1. The van der Waals surface area contributed by atoms with Crippen LogP contribution in [-0.4, -0.2) is 18.8 Å². The molecule has 0 radical (unpaired) electrons. The van der Waals surface area contributed by atoms with Crippen LogP contribution in [0.5, 0.6) is 0 Å². The highest BCUT2D eigenvalue weighted by molar-refractivity contribution is 9.10. The molecule has 0 aliphatic rings. The Morgan fingerprint density at radius 3 is 2.42 bits per heavy atom. The number of benzene rings is 1. The van der Waals surface area contributed by atoms with Gasteiger partial charge in [0, 0.05) is 11.6 Å². The maximum atomic E-state index is 13.4. The van der Waals surface area contributed by atoms with Gasteiger partial charge in [0.25, 0.3) is 0 Å². The Kier molecular flexibility index (Phi) is 6.39. The lowest BCUT2D eigenvalue weighted by molar-refractivity contribution is -0.0473. The topological polar surface area (TPSA) is 47.3 Å². The summed E-state index contributed by atoms with van der Waals surface area (Å²) in [5, 5.41) is 0. The average Bonchev–Trinajstić information content (AvgIpc) is 2.38. The summed E-state index contributed by atoms with van der Waals surface area (Å²) in [6.07, 6.45) is 2.29. The van der Waals surface area contributed by atoms with E-state index in [-0.39, 0.29) is 17.5 Å². The van der Waals surface area contributed by atoms with Crippen molar-refractivity contribution in [2.45, 2.75) is 44.8 Å². The van der Waals surface area contributed by atoms with E-state index in [4.69, 9.17) is 10.6 Å². The van der Waals surface area contributed by atoms with Gasteiger partial charge in [-0.2, -0.15) is 0 Å². The monoisotopic (exact) mass is 332 g/mol. The van der Waals surface area contributed by atoms with Crippen molar-refractivity contribution in [2.75, 3.05) is 7.11 Å². The van der Waals surface area contributed by atoms with Crippen LogP contribution < -0.4 is 11.3 Å². The largest absolute Gasteiger partial charge is 0.377 e. The first-order chi connectivity index (χ1) is 9.01. The molecule has 3 nitrogen and oxygen atoms in total. The SMILES string of the molecule is CCC(CC)(OC)C(Cc1cc(F)cc(Br)c1)NN. The van der Waals surface area contributed by atoms with Crippen molar-refractivity contribution in [3.05, 3.63) is 34.1 Å². The second-order valence-electron chi connectivity index (χ2n) is 4.68. The molecule has 19 heavy (non-hydrogen) atoms. The molecule has 1 atom stereocenters. The maximum Gasteiger partial charge on any atom is 0.124 e. The van der Waals surface area contributed by atoms with Crippen molar-refractivity contribution in [1.82, 2.24) is 5.43 Å². The Balaban J connectivity index is 2.98. The summed E-state index contributed by atoms with van der Waals surface area (Å²) < 4.78 is 19.8. The average molecular weight is 333 g/mol. The fourth-order valence-electron chi connectivity index (χ4n) is 2.54. The van der Waals surface area contributed by atoms with Gasteiger partial charge in [-0.3, -0.25) is 11.3 Å². The molecule has 1 unspecified atom stereocenters. The molecule has 1 aromatic rings. The molecule has 0 spiro atoms. The number of ether oxygens (including phenoxy) is 1. The van der Waals surface area contributed by atoms with Crippen LogP contribution in [0.25, 0.3) is 0 Å². The summed E-state index contributed by atoms with van der Waals surface area (Å²) in [4.78, 5) is 0. The van der Waals surface area contributed by atoms with Crippen molar-refractivity contribution < 1.29 is 9.13 Å². The van der Waals surface area contributed by atoms with E-state index in [2.05, 4.69) is 35.2 Å². The molecule has 108 valence electrons. The molecule has 0 aliphatic carbocycles. The van der Waals surface area contributed by atoms with Crippen LogP contribution >= 0.6 is 15.9 Å². The molecule has 0 bridgehead atoms. The first-order valence-electron chi connectivity index (χ1n) is 6.47. The summed E-state index contributed by atoms with van der Waals surface area (Å²) in [5.74, 6) is 5.42.